The zero-order valence-electron chi connectivity index (χ0n) is 21.0. The second kappa shape index (κ2) is 12.3. The lowest BCUT2D eigenvalue weighted by molar-refractivity contribution is -0.124. The molecule has 1 amide bonds. The predicted octanol–water partition coefficient (Wildman–Crippen LogP) is 4.13. The number of aliphatic hydroxyl groups is 2. The van der Waals surface area contributed by atoms with Crippen LogP contribution < -0.4 is 10.6 Å². The van der Waals surface area contributed by atoms with Crippen LogP contribution in [0.1, 0.15) is 73.7 Å². The van der Waals surface area contributed by atoms with Crippen molar-refractivity contribution < 1.29 is 23.8 Å². The number of aryl methyl sites for hydroxylation is 2. The van der Waals surface area contributed by atoms with Crippen molar-refractivity contribution in [2.24, 2.45) is 5.92 Å². The number of carbonyl (C=O) groups is 1. The Balaban J connectivity index is 1.45. The van der Waals surface area contributed by atoms with Gasteiger partial charge in [-0.1, -0.05) is 31.5 Å². The zero-order chi connectivity index (χ0) is 25.7. The minimum atomic E-state index is -0.964. The van der Waals surface area contributed by atoms with Crippen LogP contribution in [-0.4, -0.2) is 40.9 Å². The molecule has 4 rings (SSSR count). The van der Waals surface area contributed by atoms with Gasteiger partial charge in [0, 0.05) is 25.1 Å². The predicted molar refractivity (Wildman–Crippen MR) is 135 cm³/mol. The van der Waals surface area contributed by atoms with Crippen LogP contribution in [0.2, 0.25) is 0 Å². The summed E-state index contributed by atoms with van der Waals surface area (Å²) in [5.74, 6) is -1.75. The average Bonchev–Trinajstić information content (AvgIpc) is 3.25. The molecular weight excluding hydrogens is 462 g/mol. The molecule has 0 radical (unpaired) electrons. The van der Waals surface area contributed by atoms with Crippen molar-refractivity contribution in [3.05, 3.63) is 70.3 Å². The molecule has 2 aromatic rings. The quantitative estimate of drug-likeness (QED) is 0.395. The molecule has 0 saturated heterocycles. The SMILES string of the molecule is CCc1ccc2c(c1)[C@@H](NC[C@@H](O)C(Cc1cc(F)cc(F)c1)NC(=O)CC1CCCC1O)CCC2. The Labute approximate surface area is 212 Å². The first-order valence-electron chi connectivity index (χ1n) is 13.3. The number of benzene rings is 2. The van der Waals surface area contributed by atoms with E-state index < -0.39 is 29.9 Å². The van der Waals surface area contributed by atoms with E-state index in [9.17, 15) is 23.8 Å². The van der Waals surface area contributed by atoms with Gasteiger partial charge in [-0.05, 0) is 85.3 Å². The fourth-order valence-electron chi connectivity index (χ4n) is 5.71. The highest BCUT2D eigenvalue weighted by Crippen LogP contribution is 2.31. The van der Waals surface area contributed by atoms with Gasteiger partial charge in [-0.3, -0.25) is 4.79 Å². The van der Waals surface area contributed by atoms with Gasteiger partial charge in [-0.15, -0.1) is 0 Å². The summed E-state index contributed by atoms with van der Waals surface area (Å²) in [6.07, 6.45) is 5.19. The molecule has 5 atom stereocenters. The molecule has 2 aliphatic carbocycles. The molecule has 0 spiro atoms. The molecule has 0 aromatic heterocycles. The van der Waals surface area contributed by atoms with E-state index in [4.69, 9.17) is 0 Å². The third-order valence-electron chi connectivity index (χ3n) is 7.76. The van der Waals surface area contributed by atoms with Crippen LogP contribution in [0.5, 0.6) is 0 Å². The summed E-state index contributed by atoms with van der Waals surface area (Å²) in [6, 6.07) is 9.24. The highest BCUT2D eigenvalue weighted by molar-refractivity contribution is 5.76. The Kier molecular flexibility index (Phi) is 9.09. The first-order valence-corrected chi connectivity index (χ1v) is 13.3. The van der Waals surface area contributed by atoms with Gasteiger partial charge in [0.1, 0.15) is 11.6 Å². The number of amides is 1. The molecular formula is C29H38F2N2O3. The minimum absolute atomic E-state index is 0.0950. The normalized spacial score (nSPS) is 23.2. The first-order chi connectivity index (χ1) is 17.3. The van der Waals surface area contributed by atoms with E-state index in [0.717, 1.165) is 44.6 Å². The molecule has 3 unspecified atom stereocenters. The maximum atomic E-state index is 13.8. The molecule has 196 valence electrons. The molecule has 2 aromatic carbocycles. The van der Waals surface area contributed by atoms with Crippen molar-refractivity contribution in [1.82, 2.24) is 10.6 Å². The molecule has 7 heteroatoms. The number of nitrogens with one attached hydrogen (secondary N) is 2. The summed E-state index contributed by atoms with van der Waals surface area (Å²) in [6.45, 7) is 2.36. The Morgan fingerprint density at radius 3 is 2.53 bits per heavy atom. The second-order valence-electron chi connectivity index (χ2n) is 10.4. The van der Waals surface area contributed by atoms with E-state index in [2.05, 4.69) is 35.8 Å². The Morgan fingerprint density at radius 2 is 1.83 bits per heavy atom. The highest BCUT2D eigenvalue weighted by Gasteiger charge is 2.30. The maximum Gasteiger partial charge on any atom is 0.220 e. The van der Waals surface area contributed by atoms with E-state index in [0.29, 0.717) is 12.0 Å². The second-order valence-corrected chi connectivity index (χ2v) is 10.4. The van der Waals surface area contributed by atoms with Gasteiger partial charge >= 0.3 is 0 Å². The third-order valence-corrected chi connectivity index (χ3v) is 7.76. The van der Waals surface area contributed by atoms with Crippen molar-refractivity contribution in [2.45, 2.75) is 89.0 Å². The van der Waals surface area contributed by atoms with Crippen molar-refractivity contribution in [1.29, 1.82) is 0 Å². The largest absolute Gasteiger partial charge is 0.393 e. The van der Waals surface area contributed by atoms with E-state index >= 15 is 0 Å². The minimum Gasteiger partial charge on any atom is -0.393 e. The van der Waals surface area contributed by atoms with Gasteiger partial charge in [0.2, 0.25) is 5.91 Å². The fraction of sp³-hybridized carbons (Fsp3) is 0.552. The fourth-order valence-corrected chi connectivity index (χ4v) is 5.71. The highest BCUT2D eigenvalue weighted by atomic mass is 19.1. The summed E-state index contributed by atoms with van der Waals surface area (Å²) in [5.41, 5.74) is 4.22. The molecule has 4 N–H and O–H groups in total. The Bertz CT molecular complexity index is 1030. The van der Waals surface area contributed by atoms with E-state index in [-0.39, 0.29) is 37.3 Å². The first kappa shape index (κ1) is 26.7. The number of aliphatic hydroxyl groups excluding tert-OH is 2. The van der Waals surface area contributed by atoms with E-state index in [1.54, 1.807) is 0 Å². The number of fused-ring (bicyclic) bond motifs is 1. The summed E-state index contributed by atoms with van der Waals surface area (Å²) in [7, 11) is 0. The van der Waals surface area contributed by atoms with Crippen molar-refractivity contribution in [3.8, 4) is 0 Å². The molecule has 0 bridgehead atoms. The molecule has 36 heavy (non-hydrogen) atoms. The van der Waals surface area contributed by atoms with Crippen LogP contribution in [0.4, 0.5) is 8.78 Å². The molecule has 0 aliphatic heterocycles. The molecule has 1 fully saturated rings. The van der Waals surface area contributed by atoms with Gasteiger partial charge in [-0.25, -0.2) is 8.78 Å². The van der Waals surface area contributed by atoms with Gasteiger partial charge in [0.05, 0.1) is 18.2 Å². The van der Waals surface area contributed by atoms with Crippen molar-refractivity contribution >= 4 is 5.91 Å². The van der Waals surface area contributed by atoms with Crippen LogP contribution in [0.25, 0.3) is 0 Å². The molecule has 5 nitrogen and oxygen atoms in total. The lowest BCUT2D eigenvalue weighted by Crippen LogP contribution is -2.49. The van der Waals surface area contributed by atoms with Gasteiger partial charge in [0.25, 0.3) is 0 Å². The van der Waals surface area contributed by atoms with Crippen LogP contribution in [0.3, 0.4) is 0 Å². The van der Waals surface area contributed by atoms with E-state index in [1.807, 2.05) is 0 Å². The Morgan fingerprint density at radius 1 is 1.06 bits per heavy atom. The lowest BCUT2D eigenvalue weighted by atomic mass is 9.86. The van der Waals surface area contributed by atoms with Crippen LogP contribution in [0.15, 0.2) is 36.4 Å². The van der Waals surface area contributed by atoms with Gasteiger partial charge < -0.3 is 20.8 Å². The van der Waals surface area contributed by atoms with Crippen LogP contribution in [-0.2, 0) is 24.1 Å². The summed E-state index contributed by atoms with van der Waals surface area (Å²) in [4.78, 5) is 12.8. The zero-order valence-corrected chi connectivity index (χ0v) is 21.0. The molecule has 2 aliphatic rings. The van der Waals surface area contributed by atoms with Gasteiger partial charge in [-0.2, -0.15) is 0 Å². The smallest absolute Gasteiger partial charge is 0.220 e. The standard InChI is InChI=1S/C29H38F2N2O3/c1-2-18-9-10-20-5-3-7-25(24(20)13-18)32-17-28(35)26(14-19-11-22(30)16-23(31)12-19)33-29(36)15-21-6-4-8-27(21)34/h9-13,16,21,25-28,32,34-35H,2-8,14-15,17H2,1H3,(H,33,36)/t21?,25-,26?,27?,28+/m0/s1. The number of carbonyl (C=O) groups excluding carboxylic acids is 1. The number of rotatable bonds is 10. The molecule has 1 saturated carbocycles. The summed E-state index contributed by atoms with van der Waals surface area (Å²) < 4.78 is 27.6. The maximum absolute atomic E-state index is 13.8. The van der Waals surface area contributed by atoms with Crippen molar-refractivity contribution in [2.75, 3.05) is 6.54 Å². The number of halogens is 2. The topological polar surface area (TPSA) is 81.6 Å². The number of hydrogen-bond acceptors (Lipinski definition) is 4. The van der Waals surface area contributed by atoms with E-state index in [1.165, 1.54) is 28.8 Å². The van der Waals surface area contributed by atoms with Crippen molar-refractivity contribution in [3.63, 3.8) is 0 Å². The van der Waals surface area contributed by atoms with Crippen LogP contribution >= 0.6 is 0 Å². The lowest BCUT2D eigenvalue weighted by Gasteiger charge is -2.30. The van der Waals surface area contributed by atoms with Crippen LogP contribution in [0, 0.1) is 17.6 Å². The molecule has 0 heterocycles. The number of hydrogen-bond donors (Lipinski definition) is 4. The third kappa shape index (κ3) is 6.90. The monoisotopic (exact) mass is 500 g/mol. The summed E-state index contributed by atoms with van der Waals surface area (Å²) >= 11 is 0. The summed E-state index contributed by atoms with van der Waals surface area (Å²) in [5, 5.41) is 27.6. The Hall–Kier alpha value is -2.35. The van der Waals surface area contributed by atoms with Gasteiger partial charge in [0.15, 0.2) is 0 Å². The average molecular weight is 501 g/mol.